The second kappa shape index (κ2) is 6.20. The molecule has 1 N–H and O–H groups in total. The first-order valence-electron chi connectivity index (χ1n) is 7.56. The normalized spacial score (nSPS) is 17.5. The summed E-state index contributed by atoms with van der Waals surface area (Å²) in [7, 11) is -3.12. The van der Waals surface area contributed by atoms with Crippen LogP contribution in [-0.4, -0.2) is 20.6 Å². The summed E-state index contributed by atoms with van der Waals surface area (Å²) >= 11 is 0. The molecule has 6 heteroatoms. The van der Waals surface area contributed by atoms with Crippen molar-refractivity contribution in [2.75, 3.05) is 6.26 Å². The fourth-order valence-corrected chi connectivity index (χ4v) is 3.77. The van der Waals surface area contributed by atoms with E-state index in [-0.39, 0.29) is 17.7 Å². The molecule has 0 fully saturated rings. The van der Waals surface area contributed by atoms with E-state index < -0.39 is 9.84 Å². The predicted octanol–water partition coefficient (Wildman–Crippen LogP) is 2.63. The lowest BCUT2D eigenvalue weighted by atomic mass is 9.93. The minimum absolute atomic E-state index is 0.0523. The summed E-state index contributed by atoms with van der Waals surface area (Å²) < 4.78 is 28.2. The fourth-order valence-electron chi connectivity index (χ4n) is 2.98. The highest BCUT2D eigenvalue weighted by Gasteiger charge is 2.24. The topological polar surface area (TPSA) is 76.4 Å². The lowest BCUT2D eigenvalue weighted by molar-refractivity contribution is 0.0932. The van der Waals surface area contributed by atoms with Gasteiger partial charge >= 0.3 is 0 Å². The smallest absolute Gasteiger partial charge is 0.251 e. The van der Waals surface area contributed by atoms with Crippen molar-refractivity contribution in [2.24, 2.45) is 0 Å². The number of furan rings is 1. The minimum atomic E-state index is -3.12. The van der Waals surface area contributed by atoms with Crippen LogP contribution in [0.1, 0.15) is 46.1 Å². The Morgan fingerprint density at radius 2 is 2.17 bits per heavy atom. The first-order valence-corrected chi connectivity index (χ1v) is 9.62. The Morgan fingerprint density at radius 3 is 2.96 bits per heavy atom. The first kappa shape index (κ1) is 15.8. The summed E-state index contributed by atoms with van der Waals surface area (Å²) in [6.07, 6.45) is 5.59. The van der Waals surface area contributed by atoms with E-state index in [1.165, 1.54) is 6.26 Å². The third kappa shape index (κ3) is 3.82. The molecule has 0 saturated carbocycles. The van der Waals surface area contributed by atoms with E-state index >= 15 is 0 Å². The highest BCUT2D eigenvalue weighted by Crippen LogP contribution is 2.30. The van der Waals surface area contributed by atoms with Gasteiger partial charge < -0.3 is 9.73 Å². The largest absolute Gasteiger partial charge is 0.469 e. The van der Waals surface area contributed by atoms with E-state index in [2.05, 4.69) is 5.32 Å². The van der Waals surface area contributed by atoms with Crippen LogP contribution in [-0.2, 0) is 22.0 Å². The van der Waals surface area contributed by atoms with Gasteiger partial charge in [0.25, 0.3) is 5.91 Å². The number of carbonyl (C=O) groups excluding carboxylic acids is 1. The summed E-state index contributed by atoms with van der Waals surface area (Å²) in [5.41, 5.74) is 2.13. The summed E-state index contributed by atoms with van der Waals surface area (Å²) in [6.45, 7) is 0. The summed E-state index contributed by atoms with van der Waals surface area (Å²) in [5, 5.41) is 3.02. The van der Waals surface area contributed by atoms with E-state index in [4.69, 9.17) is 4.42 Å². The Hall–Kier alpha value is -2.08. The van der Waals surface area contributed by atoms with Gasteiger partial charge in [-0.05, 0) is 36.6 Å². The maximum absolute atomic E-state index is 12.5. The molecular formula is C17H19NO4S. The molecular weight excluding hydrogens is 314 g/mol. The van der Waals surface area contributed by atoms with Gasteiger partial charge in [-0.2, -0.15) is 0 Å². The Kier molecular flexibility index (Phi) is 4.26. The van der Waals surface area contributed by atoms with Gasteiger partial charge in [-0.25, -0.2) is 8.42 Å². The van der Waals surface area contributed by atoms with Crippen LogP contribution in [0.3, 0.4) is 0 Å². The number of sulfone groups is 1. The number of aryl methyl sites for hydroxylation is 1. The molecule has 2 aromatic rings. The SMILES string of the molecule is CS(=O)(=O)Cc1cccc(C(=O)NC2CCCc3occc32)c1. The molecule has 0 aliphatic heterocycles. The number of amides is 1. The number of hydrogen-bond donors (Lipinski definition) is 1. The van der Waals surface area contributed by atoms with Crippen molar-refractivity contribution < 1.29 is 17.6 Å². The highest BCUT2D eigenvalue weighted by molar-refractivity contribution is 7.89. The standard InChI is InChI=1S/C17H19NO4S/c1-23(20,21)11-12-4-2-5-13(10-12)17(19)18-15-6-3-7-16-14(15)8-9-22-16/h2,4-5,8-10,15H,3,6-7,11H2,1H3,(H,18,19). The average Bonchev–Trinajstić information content (AvgIpc) is 2.95. The summed E-state index contributed by atoms with van der Waals surface area (Å²) in [5.74, 6) is 0.676. The Balaban J connectivity index is 1.76. The second-order valence-electron chi connectivity index (χ2n) is 5.99. The molecule has 23 heavy (non-hydrogen) atoms. The van der Waals surface area contributed by atoms with Crippen molar-refractivity contribution in [3.05, 3.63) is 59.0 Å². The number of nitrogens with one attached hydrogen (secondary N) is 1. The van der Waals surface area contributed by atoms with E-state index in [9.17, 15) is 13.2 Å². The van der Waals surface area contributed by atoms with E-state index in [1.807, 2.05) is 6.07 Å². The van der Waals surface area contributed by atoms with Gasteiger partial charge in [0.1, 0.15) is 5.76 Å². The molecule has 1 aromatic heterocycles. The lowest BCUT2D eigenvalue weighted by Gasteiger charge is -2.22. The zero-order chi connectivity index (χ0) is 16.4. The molecule has 3 rings (SSSR count). The molecule has 1 unspecified atom stereocenters. The number of rotatable bonds is 4. The molecule has 0 saturated heterocycles. The molecule has 0 bridgehead atoms. The third-order valence-corrected chi connectivity index (χ3v) is 4.83. The van der Waals surface area contributed by atoms with Crippen LogP contribution in [0.25, 0.3) is 0 Å². The van der Waals surface area contributed by atoms with Crippen molar-refractivity contribution in [3.8, 4) is 0 Å². The molecule has 1 aliphatic carbocycles. The van der Waals surface area contributed by atoms with Gasteiger partial charge in [-0.3, -0.25) is 4.79 Å². The van der Waals surface area contributed by atoms with Gasteiger partial charge in [0.2, 0.25) is 0 Å². The highest BCUT2D eigenvalue weighted by atomic mass is 32.2. The molecule has 1 amide bonds. The molecule has 0 radical (unpaired) electrons. The molecule has 5 nitrogen and oxygen atoms in total. The van der Waals surface area contributed by atoms with Gasteiger partial charge in [-0.15, -0.1) is 0 Å². The van der Waals surface area contributed by atoms with Crippen LogP contribution >= 0.6 is 0 Å². The van der Waals surface area contributed by atoms with E-state index in [1.54, 1.807) is 30.5 Å². The van der Waals surface area contributed by atoms with Crippen molar-refractivity contribution in [2.45, 2.75) is 31.1 Å². The fraction of sp³-hybridized carbons (Fsp3) is 0.353. The summed E-state index contributed by atoms with van der Waals surface area (Å²) in [6, 6.07) is 8.60. The molecule has 122 valence electrons. The molecule has 1 heterocycles. The Morgan fingerprint density at radius 1 is 1.35 bits per heavy atom. The number of hydrogen-bond acceptors (Lipinski definition) is 4. The maximum atomic E-state index is 12.5. The first-order chi connectivity index (χ1) is 10.9. The van der Waals surface area contributed by atoms with Gasteiger partial charge in [0, 0.05) is 23.8 Å². The molecule has 1 atom stereocenters. The summed E-state index contributed by atoms with van der Waals surface area (Å²) in [4.78, 5) is 12.5. The molecule has 1 aromatic carbocycles. The zero-order valence-corrected chi connectivity index (χ0v) is 13.7. The average molecular weight is 333 g/mol. The van der Waals surface area contributed by atoms with Crippen molar-refractivity contribution in [1.82, 2.24) is 5.32 Å². The monoisotopic (exact) mass is 333 g/mol. The predicted molar refractivity (Wildman–Crippen MR) is 86.8 cm³/mol. The minimum Gasteiger partial charge on any atom is -0.469 e. The van der Waals surface area contributed by atoms with Crippen LogP contribution in [0.4, 0.5) is 0 Å². The van der Waals surface area contributed by atoms with Crippen molar-refractivity contribution in [3.63, 3.8) is 0 Å². The van der Waals surface area contributed by atoms with E-state index in [0.29, 0.717) is 11.1 Å². The zero-order valence-electron chi connectivity index (χ0n) is 12.9. The van der Waals surface area contributed by atoms with E-state index in [0.717, 1.165) is 30.6 Å². The Labute approximate surface area is 135 Å². The molecule has 1 aliphatic rings. The number of carbonyl (C=O) groups is 1. The third-order valence-electron chi connectivity index (χ3n) is 3.98. The maximum Gasteiger partial charge on any atom is 0.251 e. The second-order valence-corrected chi connectivity index (χ2v) is 8.13. The van der Waals surface area contributed by atoms with Crippen LogP contribution in [0.5, 0.6) is 0 Å². The van der Waals surface area contributed by atoms with Crippen molar-refractivity contribution in [1.29, 1.82) is 0 Å². The van der Waals surface area contributed by atoms with Crippen LogP contribution in [0.15, 0.2) is 41.0 Å². The number of benzene rings is 1. The van der Waals surface area contributed by atoms with Crippen LogP contribution in [0, 0.1) is 0 Å². The molecule has 0 spiro atoms. The number of fused-ring (bicyclic) bond motifs is 1. The quantitative estimate of drug-likeness (QED) is 0.933. The van der Waals surface area contributed by atoms with Crippen LogP contribution < -0.4 is 5.32 Å². The van der Waals surface area contributed by atoms with Crippen molar-refractivity contribution >= 4 is 15.7 Å². The van der Waals surface area contributed by atoms with Gasteiger partial charge in [-0.1, -0.05) is 12.1 Å². The van der Waals surface area contributed by atoms with Gasteiger partial charge in [0.15, 0.2) is 9.84 Å². The Bertz CT molecular complexity index is 823. The van der Waals surface area contributed by atoms with Crippen LogP contribution in [0.2, 0.25) is 0 Å². The van der Waals surface area contributed by atoms with Gasteiger partial charge in [0.05, 0.1) is 18.1 Å². The lowest BCUT2D eigenvalue weighted by Crippen LogP contribution is -2.30.